The van der Waals surface area contributed by atoms with Crippen molar-refractivity contribution >= 4 is 5.91 Å². The summed E-state index contributed by atoms with van der Waals surface area (Å²) in [6.07, 6.45) is 1.94. The molecule has 19 heavy (non-hydrogen) atoms. The van der Waals surface area contributed by atoms with E-state index in [0.29, 0.717) is 24.2 Å². The Labute approximate surface area is 115 Å². The molecule has 4 heteroatoms. The van der Waals surface area contributed by atoms with Gasteiger partial charge in [-0.3, -0.25) is 4.79 Å². The van der Waals surface area contributed by atoms with Crippen molar-refractivity contribution in [1.82, 2.24) is 5.32 Å². The summed E-state index contributed by atoms with van der Waals surface area (Å²) in [6, 6.07) is 4.87. The Hall–Kier alpha value is -1.55. The predicted molar refractivity (Wildman–Crippen MR) is 77.2 cm³/mol. The lowest BCUT2D eigenvalue weighted by atomic mass is 9.87. The molecule has 1 rings (SSSR count). The van der Waals surface area contributed by atoms with E-state index in [1.54, 1.807) is 25.1 Å². The van der Waals surface area contributed by atoms with Crippen molar-refractivity contribution < 1.29 is 9.90 Å². The number of phenolic OH excluding ortho intramolecular Hbond substituents is 1. The molecule has 1 aromatic rings. The second kappa shape index (κ2) is 6.57. The first-order valence-corrected chi connectivity index (χ1v) is 6.63. The molecule has 0 unspecified atom stereocenters. The van der Waals surface area contributed by atoms with Crippen LogP contribution in [0.1, 0.15) is 42.6 Å². The minimum absolute atomic E-state index is 0.0427. The fourth-order valence-corrected chi connectivity index (χ4v) is 1.89. The van der Waals surface area contributed by atoms with Crippen LogP contribution in [0.3, 0.4) is 0 Å². The van der Waals surface area contributed by atoms with Crippen molar-refractivity contribution in [2.24, 2.45) is 11.1 Å². The standard InChI is InChI=1S/C15H24N2O2/c1-11-9-12(5-6-13(11)18)14(19)17-10-15(2,3)7-4-8-16/h5-6,9,18H,4,7-8,10,16H2,1-3H3,(H,17,19). The number of nitrogens with one attached hydrogen (secondary N) is 1. The number of hydrogen-bond donors (Lipinski definition) is 3. The maximum absolute atomic E-state index is 12.0. The normalized spacial score (nSPS) is 11.4. The molecule has 0 atom stereocenters. The van der Waals surface area contributed by atoms with Gasteiger partial charge in [-0.25, -0.2) is 0 Å². The summed E-state index contributed by atoms with van der Waals surface area (Å²) in [5.74, 6) is 0.101. The number of hydrogen-bond acceptors (Lipinski definition) is 3. The summed E-state index contributed by atoms with van der Waals surface area (Å²) in [5, 5.41) is 12.4. The molecular formula is C15H24N2O2. The topological polar surface area (TPSA) is 75.4 Å². The largest absolute Gasteiger partial charge is 0.508 e. The molecule has 0 aromatic heterocycles. The number of phenols is 1. The van der Waals surface area contributed by atoms with E-state index in [1.165, 1.54) is 0 Å². The third kappa shape index (κ3) is 4.91. The first-order chi connectivity index (χ1) is 8.85. The SMILES string of the molecule is Cc1cc(C(=O)NCC(C)(C)CCCN)ccc1O. The lowest BCUT2D eigenvalue weighted by Gasteiger charge is -2.24. The van der Waals surface area contributed by atoms with Gasteiger partial charge in [-0.1, -0.05) is 13.8 Å². The van der Waals surface area contributed by atoms with Gasteiger partial charge in [-0.15, -0.1) is 0 Å². The molecule has 4 N–H and O–H groups in total. The fourth-order valence-electron chi connectivity index (χ4n) is 1.89. The van der Waals surface area contributed by atoms with E-state index in [2.05, 4.69) is 19.2 Å². The summed E-state index contributed by atoms with van der Waals surface area (Å²) in [6.45, 7) is 7.30. The highest BCUT2D eigenvalue weighted by molar-refractivity contribution is 5.94. The maximum Gasteiger partial charge on any atom is 0.251 e. The zero-order valence-corrected chi connectivity index (χ0v) is 12.0. The predicted octanol–water partition coefficient (Wildman–Crippen LogP) is 2.20. The highest BCUT2D eigenvalue weighted by Crippen LogP contribution is 2.21. The molecule has 106 valence electrons. The maximum atomic E-state index is 12.0. The summed E-state index contributed by atoms with van der Waals surface area (Å²) in [7, 11) is 0. The summed E-state index contributed by atoms with van der Waals surface area (Å²) < 4.78 is 0. The lowest BCUT2D eigenvalue weighted by molar-refractivity contribution is 0.0934. The van der Waals surface area contributed by atoms with Crippen LogP contribution in [-0.2, 0) is 0 Å². The van der Waals surface area contributed by atoms with Crippen molar-refractivity contribution in [3.8, 4) is 5.75 Å². The molecule has 1 aromatic carbocycles. The molecule has 4 nitrogen and oxygen atoms in total. The first-order valence-electron chi connectivity index (χ1n) is 6.63. The Morgan fingerprint density at radius 1 is 1.42 bits per heavy atom. The lowest BCUT2D eigenvalue weighted by Crippen LogP contribution is -2.34. The van der Waals surface area contributed by atoms with Gasteiger partial charge in [0.1, 0.15) is 5.75 Å². The summed E-state index contributed by atoms with van der Waals surface area (Å²) >= 11 is 0. The number of rotatable bonds is 6. The molecule has 0 aliphatic heterocycles. The van der Waals surface area contributed by atoms with E-state index < -0.39 is 0 Å². The van der Waals surface area contributed by atoms with Crippen molar-refractivity contribution in [3.63, 3.8) is 0 Å². The van der Waals surface area contributed by atoms with Crippen molar-refractivity contribution in [3.05, 3.63) is 29.3 Å². The summed E-state index contributed by atoms with van der Waals surface area (Å²) in [5.41, 5.74) is 6.82. The van der Waals surface area contributed by atoms with E-state index >= 15 is 0 Å². The van der Waals surface area contributed by atoms with Gasteiger partial charge in [-0.05, 0) is 55.5 Å². The number of aryl methyl sites for hydroxylation is 1. The Balaban J connectivity index is 2.57. The Morgan fingerprint density at radius 2 is 2.11 bits per heavy atom. The van der Waals surface area contributed by atoms with Gasteiger partial charge < -0.3 is 16.2 Å². The minimum atomic E-state index is -0.107. The molecule has 0 radical (unpaired) electrons. The average Bonchev–Trinajstić information content (AvgIpc) is 2.37. The number of carbonyl (C=O) groups excluding carboxylic acids is 1. The second-order valence-electron chi connectivity index (χ2n) is 5.74. The third-order valence-electron chi connectivity index (χ3n) is 3.24. The monoisotopic (exact) mass is 264 g/mol. The quantitative estimate of drug-likeness (QED) is 0.737. The molecular weight excluding hydrogens is 240 g/mol. The van der Waals surface area contributed by atoms with Crippen LogP contribution in [0, 0.1) is 12.3 Å². The summed E-state index contributed by atoms with van der Waals surface area (Å²) in [4.78, 5) is 12.0. The first kappa shape index (κ1) is 15.5. The number of carbonyl (C=O) groups is 1. The van der Waals surface area contributed by atoms with Gasteiger partial charge >= 0.3 is 0 Å². The highest BCUT2D eigenvalue weighted by Gasteiger charge is 2.18. The smallest absolute Gasteiger partial charge is 0.251 e. The molecule has 0 saturated carbocycles. The number of aromatic hydroxyl groups is 1. The van der Waals surface area contributed by atoms with E-state index in [9.17, 15) is 9.90 Å². The minimum Gasteiger partial charge on any atom is -0.508 e. The molecule has 0 aliphatic carbocycles. The fraction of sp³-hybridized carbons (Fsp3) is 0.533. The van der Waals surface area contributed by atoms with Gasteiger partial charge in [0.15, 0.2) is 0 Å². The molecule has 0 heterocycles. The third-order valence-corrected chi connectivity index (χ3v) is 3.24. The van der Waals surface area contributed by atoms with Gasteiger partial charge in [0.25, 0.3) is 5.91 Å². The molecule has 0 bridgehead atoms. The van der Waals surface area contributed by atoms with Crippen LogP contribution < -0.4 is 11.1 Å². The van der Waals surface area contributed by atoms with Gasteiger partial charge in [0.05, 0.1) is 0 Å². The molecule has 0 aliphatic rings. The van der Waals surface area contributed by atoms with E-state index in [0.717, 1.165) is 12.8 Å². The highest BCUT2D eigenvalue weighted by atomic mass is 16.3. The number of nitrogens with two attached hydrogens (primary N) is 1. The van der Waals surface area contributed by atoms with Crippen LogP contribution in [-0.4, -0.2) is 24.1 Å². The van der Waals surface area contributed by atoms with Crippen molar-refractivity contribution in [2.45, 2.75) is 33.6 Å². The number of benzene rings is 1. The van der Waals surface area contributed by atoms with Crippen LogP contribution in [0.15, 0.2) is 18.2 Å². The average molecular weight is 264 g/mol. The Bertz CT molecular complexity index is 442. The van der Waals surface area contributed by atoms with Crippen LogP contribution in [0.25, 0.3) is 0 Å². The van der Waals surface area contributed by atoms with Crippen LogP contribution in [0.4, 0.5) is 0 Å². The van der Waals surface area contributed by atoms with Crippen LogP contribution in [0.2, 0.25) is 0 Å². The Morgan fingerprint density at radius 3 is 2.68 bits per heavy atom. The van der Waals surface area contributed by atoms with E-state index in [4.69, 9.17) is 5.73 Å². The molecule has 0 fully saturated rings. The molecule has 0 spiro atoms. The van der Waals surface area contributed by atoms with E-state index in [1.807, 2.05) is 0 Å². The van der Waals surface area contributed by atoms with Crippen LogP contribution in [0.5, 0.6) is 5.75 Å². The zero-order valence-electron chi connectivity index (χ0n) is 12.0. The molecule has 0 saturated heterocycles. The Kier molecular flexibility index (Phi) is 5.36. The number of amides is 1. The molecule has 1 amide bonds. The zero-order chi connectivity index (χ0) is 14.5. The van der Waals surface area contributed by atoms with E-state index in [-0.39, 0.29) is 17.1 Å². The van der Waals surface area contributed by atoms with Gasteiger partial charge in [-0.2, -0.15) is 0 Å². The van der Waals surface area contributed by atoms with Crippen molar-refractivity contribution in [2.75, 3.05) is 13.1 Å². The van der Waals surface area contributed by atoms with Gasteiger partial charge in [0.2, 0.25) is 0 Å². The van der Waals surface area contributed by atoms with Crippen LogP contribution >= 0.6 is 0 Å². The van der Waals surface area contributed by atoms with Gasteiger partial charge in [0, 0.05) is 12.1 Å². The van der Waals surface area contributed by atoms with Crippen molar-refractivity contribution in [1.29, 1.82) is 0 Å². The second-order valence-corrected chi connectivity index (χ2v) is 5.74.